The standard InChI is InChI=1S/C14H18ClN3O/c1-10(2)18(9-12-7-5-4-6-8-12)14-17-16-13(19-14)11(3)15/h4-8,10-11H,9H2,1-3H3. The Morgan fingerprint density at radius 2 is 1.84 bits per heavy atom. The van der Waals surface area contributed by atoms with Gasteiger partial charge in [0.05, 0.1) is 0 Å². The summed E-state index contributed by atoms with van der Waals surface area (Å²) in [6.45, 7) is 6.74. The molecule has 0 aliphatic carbocycles. The molecule has 0 aliphatic rings. The van der Waals surface area contributed by atoms with Crippen molar-refractivity contribution in [3.63, 3.8) is 0 Å². The van der Waals surface area contributed by atoms with E-state index in [4.69, 9.17) is 16.0 Å². The molecule has 0 N–H and O–H groups in total. The van der Waals surface area contributed by atoms with Crippen molar-refractivity contribution in [1.82, 2.24) is 10.2 Å². The Hall–Kier alpha value is -1.55. The number of nitrogens with zero attached hydrogens (tertiary/aromatic N) is 3. The smallest absolute Gasteiger partial charge is 0.318 e. The summed E-state index contributed by atoms with van der Waals surface area (Å²) in [5.41, 5.74) is 1.20. The van der Waals surface area contributed by atoms with Crippen LogP contribution >= 0.6 is 11.6 Å². The Morgan fingerprint density at radius 3 is 2.37 bits per heavy atom. The lowest BCUT2D eigenvalue weighted by Gasteiger charge is -2.24. The highest BCUT2D eigenvalue weighted by Gasteiger charge is 2.19. The molecule has 19 heavy (non-hydrogen) atoms. The molecule has 1 unspecified atom stereocenters. The molecule has 1 aromatic heterocycles. The van der Waals surface area contributed by atoms with Crippen LogP contribution in [0.2, 0.25) is 0 Å². The second kappa shape index (κ2) is 6.06. The third-order valence-electron chi connectivity index (χ3n) is 2.84. The van der Waals surface area contributed by atoms with E-state index in [1.165, 1.54) is 5.56 Å². The minimum Gasteiger partial charge on any atom is -0.406 e. The minimum absolute atomic E-state index is 0.263. The third kappa shape index (κ3) is 3.47. The van der Waals surface area contributed by atoms with Gasteiger partial charge in [0.2, 0.25) is 5.89 Å². The number of rotatable bonds is 5. The summed E-state index contributed by atoms with van der Waals surface area (Å²) < 4.78 is 5.61. The summed E-state index contributed by atoms with van der Waals surface area (Å²) in [6.07, 6.45) is 0. The molecule has 0 spiro atoms. The van der Waals surface area contributed by atoms with Crippen molar-refractivity contribution < 1.29 is 4.42 Å². The maximum Gasteiger partial charge on any atom is 0.318 e. The first kappa shape index (κ1) is 13.9. The molecule has 1 heterocycles. The SMILES string of the molecule is CC(Cl)c1nnc(N(Cc2ccccc2)C(C)C)o1. The second-order valence-corrected chi connectivity index (χ2v) is 5.40. The van der Waals surface area contributed by atoms with Crippen LogP contribution in [0.4, 0.5) is 6.01 Å². The van der Waals surface area contributed by atoms with Crippen LogP contribution in [-0.2, 0) is 6.54 Å². The molecule has 1 aromatic carbocycles. The van der Waals surface area contributed by atoms with E-state index < -0.39 is 0 Å². The van der Waals surface area contributed by atoms with Crippen LogP contribution in [-0.4, -0.2) is 16.2 Å². The first-order valence-corrected chi connectivity index (χ1v) is 6.79. The van der Waals surface area contributed by atoms with Crippen molar-refractivity contribution >= 4 is 17.6 Å². The molecule has 2 rings (SSSR count). The number of aromatic nitrogens is 2. The van der Waals surface area contributed by atoms with Crippen molar-refractivity contribution in [3.05, 3.63) is 41.8 Å². The highest BCUT2D eigenvalue weighted by Crippen LogP contribution is 2.24. The maximum absolute atomic E-state index is 5.95. The summed E-state index contributed by atoms with van der Waals surface area (Å²) >= 11 is 5.95. The molecular formula is C14H18ClN3O. The van der Waals surface area contributed by atoms with Crippen molar-refractivity contribution in [2.45, 2.75) is 38.7 Å². The van der Waals surface area contributed by atoms with E-state index in [-0.39, 0.29) is 11.4 Å². The van der Waals surface area contributed by atoms with Gasteiger partial charge in [-0.15, -0.1) is 16.7 Å². The molecule has 5 heteroatoms. The molecule has 0 saturated heterocycles. The summed E-state index contributed by atoms with van der Waals surface area (Å²) in [4.78, 5) is 2.06. The lowest BCUT2D eigenvalue weighted by molar-refractivity contribution is 0.469. The van der Waals surface area contributed by atoms with Crippen LogP contribution in [0.1, 0.15) is 37.6 Å². The predicted molar refractivity (Wildman–Crippen MR) is 76.3 cm³/mol. The average molecular weight is 280 g/mol. The molecular weight excluding hydrogens is 262 g/mol. The van der Waals surface area contributed by atoms with E-state index in [1.54, 1.807) is 0 Å². The fourth-order valence-electron chi connectivity index (χ4n) is 1.75. The number of benzene rings is 1. The van der Waals surface area contributed by atoms with Gasteiger partial charge in [0.15, 0.2) is 0 Å². The third-order valence-corrected chi connectivity index (χ3v) is 3.02. The van der Waals surface area contributed by atoms with Crippen molar-refractivity contribution in [3.8, 4) is 0 Å². The van der Waals surface area contributed by atoms with E-state index in [0.717, 1.165) is 6.54 Å². The topological polar surface area (TPSA) is 42.2 Å². The van der Waals surface area contributed by atoms with Gasteiger partial charge in [-0.2, -0.15) is 0 Å². The van der Waals surface area contributed by atoms with Crippen LogP contribution in [0.25, 0.3) is 0 Å². The average Bonchev–Trinajstić information content (AvgIpc) is 2.86. The van der Waals surface area contributed by atoms with Crippen molar-refractivity contribution in [2.24, 2.45) is 0 Å². The number of alkyl halides is 1. The number of halogens is 1. The Kier molecular flexibility index (Phi) is 4.43. The normalized spacial score (nSPS) is 12.7. The van der Waals surface area contributed by atoms with Crippen LogP contribution in [0.15, 0.2) is 34.7 Å². The molecule has 0 radical (unpaired) electrons. The molecule has 0 aliphatic heterocycles. The molecule has 1 atom stereocenters. The van der Waals surface area contributed by atoms with Gasteiger partial charge in [-0.05, 0) is 26.3 Å². The maximum atomic E-state index is 5.95. The molecule has 0 bridgehead atoms. The van der Waals surface area contributed by atoms with Gasteiger partial charge in [0, 0.05) is 12.6 Å². The number of anilines is 1. The summed E-state index contributed by atoms with van der Waals surface area (Å²) in [7, 11) is 0. The predicted octanol–water partition coefficient (Wildman–Crippen LogP) is 3.78. The Balaban J connectivity index is 2.20. The van der Waals surface area contributed by atoms with Gasteiger partial charge in [-0.25, -0.2) is 0 Å². The Bertz CT molecular complexity index is 510. The molecule has 0 amide bonds. The van der Waals surface area contributed by atoms with E-state index in [9.17, 15) is 0 Å². The van der Waals surface area contributed by atoms with E-state index >= 15 is 0 Å². The Labute approximate surface area is 118 Å². The van der Waals surface area contributed by atoms with Gasteiger partial charge in [-0.1, -0.05) is 35.4 Å². The van der Waals surface area contributed by atoms with Crippen molar-refractivity contribution in [2.75, 3.05) is 4.90 Å². The first-order chi connectivity index (χ1) is 9.08. The first-order valence-electron chi connectivity index (χ1n) is 6.36. The fourth-order valence-corrected chi connectivity index (χ4v) is 1.84. The lowest BCUT2D eigenvalue weighted by atomic mass is 10.2. The molecule has 2 aromatic rings. The monoisotopic (exact) mass is 279 g/mol. The highest BCUT2D eigenvalue weighted by atomic mass is 35.5. The second-order valence-electron chi connectivity index (χ2n) is 4.75. The van der Waals surface area contributed by atoms with Gasteiger partial charge in [-0.3, -0.25) is 0 Å². The van der Waals surface area contributed by atoms with Gasteiger partial charge >= 0.3 is 6.01 Å². The van der Waals surface area contributed by atoms with Gasteiger partial charge in [0.1, 0.15) is 5.38 Å². The number of hydrogen-bond acceptors (Lipinski definition) is 4. The summed E-state index contributed by atoms with van der Waals surface area (Å²) in [5, 5.41) is 7.78. The van der Waals surface area contributed by atoms with Gasteiger partial charge < -0.3 is 9.32 Å². The van der Waals surface area contributed by atoms with Crippen LogP contribution in [0.3, 0.4) is 0 Å². The highest BCUT2D eigenvalue weighted by molar-refractivity contribution is 6.20. The zero-order valence-electron chi connectivity index (χ0n) is 11.4. The van der Waals surface area contributed by atoms with E-state index in [1.807, 2.05) is 25.1 Å². The molecule has 102 valence electrons. The van der Waals surface area contributed by atoms with Crippen LogP contribution < -0.4 is 4.90 Å². The zero-order chi connectivity index (χ0) is 13.8. The van der Waals surface area contributed by atoms with E-state index in [2.05, 4.69) is 41.1 Å². The van der Waals surface area contributed by atoms with Crippen molar-refractivity contribution in [1.29, 1.82) is 0 Å². The molecule has 0 saturated carbocycles. The minimum atomic E-state index is -0.271. The lowest BCUT2D eigenvalue weighted by Crippen LogP contribution is -2.30. The van der Waals surface area contributed by atoms with Crippen LogP contribution in [0.5, 0.6) is 0 Å². The summed E-state index contributed by atoms with van der Waals surface area (Å²) in [6, 6.07) is 11.0. The summed E-state index contributed by atoms with van der Waals surface area (Å²) in [5.74, 6) is 0.454. The van der Waals surface area contributed by atoms with Gasteiger partial charge in [0.25, 0.3) is 0 Å². The van der Waals surface area contributed by atoms with Crippen LogP contribution in [0, 0.1) is 0 Å². The fraction of sp³-hybridized carbons (Fsp3) is 0.429. The van der Waals surface area contributed by atoms with E-state index in [0.29, 0.717) is 11.9 Å². The number of hydrogen-bond donors (Lipinski definition) is 0. The quantitative estimate of drug-likeness (QED) is 0.781. The molecule has 0 fully saturated rings. The Morgan fingerprint density at radius 1 is 1.16 bits per heavy atom. The largest absolute Gasteiger partial charge is 0.406 e. The zero-order valence-corrected chi connectivity index (χ0v) is 12.1. The molecule has 4 nitrogen and oxygen atoms in total.